The van der Waals surface area contributed by atoms with E-state index in [2.05, 4.69) is 10.6 Å². The molecule has 19 heavy (non-hydrogen) atoms. The molecule has 0 bridgehead atoms. The van der Waals surface area contributed by atoms with Gasteiger partial charge in [0, 0.05) is 5.69 Å². The summed E-state index contributed by atoms with van der Waals surface area (Å²) >= 11 is 0. The zero-order chi connectivity index (χ0) is 14.1. The van der Waals surface area contributed by atoms with Crippen LogP contribution in [0.5, 0.6) is 0 Å². The fourth-order valence-electron chi connectivity index (χ4n) is 2.13. The summed E-state index contributed by atoms with van der Waals surface area (Å²) in [5.74, 6) is -0.302. The summed E-state index contributed by atoms with van der Waals surface area (Å²) in [5, 5.41) is 5.60. The van der Waals surface area contributed by atoms with Gasteiger partial charge in [0.2, 0.25) is 5.91 Å². The van der Waals surface area contributed by atoms with Crippen LogP contribution in [0.25, 0.3) is 0 Å². The molecule has 2 rings (SSSR count). The Kier molecular flexibility index (Phi) is 3.54. The summed E-state index contributed by atoms with van der Waals surface area (Å²) < 4.78 is 37.7. The molecule has 1 heterocycles. The van der Waals surface area contributed by atoms with Gasteiger partial charge in [0.15, 0.2) is 0 Å². The predicted octanol–water partition coefficient (Wildman–Crippen LogP) is 2.79. The molecule has 1 aliphatic heterocycles. The lowest BCUT2D eigenvalue weighted by Crippen LogP contribution is -2.47. The number of carbonyl (C=O) groups is 1. The lowest BCUT2D eigenvalue weighted by molar-refractivity contribution is -0.137. The van der Waals surface area contributed by atoms with Crippen molar-refractivity contribution in [2.75, 3.05) is 11.9 Å². The average Bonchev–Trinajstić information content (AvgIpc) is 2.77. The highest BCUT2D eigenvalue weighted by Crippen LogP contribution is 2.31. The van der Waals surface area contributed by atoms with Crippen molar-refractivity contribution in [2.24, 2.45) is 0 Å². The highest BCUT2D eigenvalue weighted by Gasteiger charge is 2.36. The third-order valence-corrected chi connectivity index (χ3v) is 3.32. The SMILES string of the molecule is CC1(C(=O)Nc2cccc(C(F)(F)F)c2)CCCN1. The predicted molar refractivity (Wildman–Crippen MR) is 65.7 cm³/mol. The molecule has 6 heteroatoms. The van der Waals surface area contributed by atoms with Gasteiger partial charge < -0.3 is 10.6 Å². The maximum absolute atomic E-state index is 12.6. The summed E-state index contributed by atoms with van der Waals surface area (Å²) in [6.45, 7) is 2.50. The number of hydrogen-bond acceptors (Lipinski definition) is 2. The molecule has 3 nitrogen and oxygen atoms in total. The third-order valence-electron chi connectivity index (χ3n) is 3.32. The fraction of sp³-hybridized carbons (Fsp3) is 0.462. The summed E-state index contributed by atoms with van der Waals surface area (Å²) in [7, 11) is 0. The van der Waals surface area contributed by atoms with Crippen LogP contribution in [0, 0.1) is 0 Å². The molecule has 1 aromatic rings. The van der Waals surface area contributed by atoms with Gasteiger partial charge in [-0.3, -0.25) is 4.79 Å². The molecule has 1 aliphatic rings. The normalized spacial score (nSPS) is 23.4. The van der Waals surface area contributed by atoms with E-state index in [9.17, 15) is 18.0 Å². The number of carbonyl (C=O) groups excluding carboxylic acids is 1. The van der Waals surface area contributed by atoms with Crippen LogP contribution in [0.1, 0.15) is 25.3 Å². The lowest BCUT2D eigenvalue weighted by Gasteiger charge is -2.23. The Morgan fingerprint density at radius 3 is 2.74 bits per heavy atom. The monoisotopic (exact) mass is 272 g/mol. The summed E-state index contributed by atoms with van der Waals surface area (Å²) in [6.07, 6.45) is -2.85. The van der Waals surface area contributed by atoms with Gasteiger partial charge >= 0.3 is 6.18 Å². The van der Waals surface area contributed by atoms with Crippen LogP contribution in [-0.4, -0.2) is 18.0 Å². The number of anilines is 1. The standard InChI is InChI=1S/C13H15F3N2O/c1-12(6-3-7-17-12)11(19)18-10-5-2-4-9(8-10)13(14,15)16/h2,4-5,8,17H,3,6-7H2,1H3,(H,18,19). The lowest BCUT2D eigenvalue weighted by atomic mass is 9.99. The van der Waals surface area contributed by atoms with Gasteiger partial charge in [0.25, 0.3) is 0 Å². The van der Waals surface area contributed by atoms with Crippen molar-refractivity contribution in [3.8, 4) is 0 Å². The number of nitrogens with one attached hydrogen (secondary N) is 2. The van der Waals surface area contributed by atoms with Crippen molar-refractivity contribution in [3.63, 3.8) is 0 Å². The molecular weight excluding hydrogens is 257 g/mol. The molecule has 0 saturated carbocycles. The fourth-order valence-corrected chi connectivity index (χ4v) is 2.13. The Morgan fingerprint density at radius 1 is 1.42 bits per heavy atom. The van der Waals surface area contributed by atoms with E-state index in [1.165, 1.54) is 12.1 Å². The van der Waals surface area contributed by atoms with E-state index in [0.717, 1.165) is 25.1 Å². The van der Waals surface area contributed by atoms with Crippen LogP contribution in [0.3, 0.4) is 0 Å². The zero-order valence-electron chi connectivity index (χ0n) is 10.5. The summed E-state index contributed by atoms with van der Waals surface area (Å²) in [4.78, 5) is 12.0. The minimum Gasteiger partial charge on any atom is -0.324 e. The van der Waals surface area contributed by atoms with Gasteiger partial charge in [-0.2, -0.15) is 13.2 Å². The molecule has 104 valence electrons. The Bertz CT molecular complexity index is 479. The van der Waals surface area contributed by atoms with Crippen molar-refractivity contribution < 1.29 is 18.0 Å². The average molecular weight is 272 g/mol. The van der Waals surface area contributed by atoms with E-state index in [1.54, 1.807) is 6.92 Å². The van der Waals surface area contributed by atoms with Gasteiger partial charge in [-0.05, 0) is 44.5 Å². The van der Waals surface area contributed by atoms with Crippen molar-refractivity contribution in [1.82, 2.24) is 5.32 Å². The zero-order valence-corrected chi connectivity index (χ0v) is 10.5. The molecule has 1 fully saturated rings. The second-order valence-electron chi connectivity index (χ2n) is 4.90. The molecule has 1 aromatic carbocycles. The second-order valence-corrected chi connectivity index (χ2v) is 4.90. The number of alkyl halides is 3. The van der Waals surface area contributed by atoms with Crippen molar-refractivity contribution in [3.05, 3.63) is 29.8 Å². The molecule has 0 aliphatic carbocycles. The molecular formula is C13H15F3N2O. The van der Waals surface area contributed by atoms with Crippen molar-refractivity contribution >= 4 is 11.6 Å². The van der Waals surface area contributed by atoms with E-state index < -0.39 is 17.3 Å². The molecule has 1 atom stereocenters. The number of halogens is 3. The Hall–Kier alpha value is -1.56. The number of hydrogen-bond donors (Lipinski definition) is 2. The molecule has 0 radical (unpaired) electrons. The Balaban J connectivity index is 2.13. The van der Waals surface area contributed by atoms with Crippen LogP contribution in [0.2, 0.25) is 0 Å². The van der Waals surface area contributed by atoms with E-state index in [-0.39, 0.29) is 11.6 Å². The maximum Gasteiger partial charge on any atom is 0.416 e. The van der Waals surface area contributed by atoms with Gasteiger partial charge in [-0.1, -0.05) is 6.07 Å². The second kappa shape index (κ2) is 4.85. The number of benzene rings is 1. The highest BCUT2D eigenvalue weighted by molar-refractivity contribution is 5.98. The minimum atomic E-state index is -4.41. The molecule has 0 spiro atoms. The first-order valence-corrected chi connectivity index (χ1v) is 6.05. The highest BCUT2D eigenvalue weighted by atomic mass is 19.4. The van der Waals surface area contributed by atoms with Crippen LogP contribution < -0.4 is 10.6 Å². The largest absolute Gasteiger partial charge is 0.416 e. The minimum absolute atomic E-state index is 0.162. The molecule has 1 amide bonds. The third kappa shape index (κ3) is 3.07. The van der Waals surface area contributed by atoms with E-state index in [0.29, 0.717) is 6.42 Å². The van der Waals surface area contributed by atoms with Gasteiger partial charge in [0.1, 0.15) is 0 Å². The molecule has 2 N–H and O–H groups in total. The Morgan fingerprint density at radius 2 is 2.16 bits per heavy atom. The topological polar surface area (TPSA) is 41.1 Å². The van der Waals surface area contributed by atoms with Crippen LogP contribution in [0.4, 0.5) is 18.9 Å². The van der Waals surface area contributed by atoms with Crippen LogP contribution in [0.15, 0.2) is 24.3 Å². The van der Waals surface area contributed by atoms with E-state index in [1.807, 2.05) is 0 Å². The van der Waals surface area contributed by atoms with E-state index in [4.69, 9.17) is 0 Å². The summed E-state index contributed by atoms with van der Waals surface area (Å²) in [5.41, 5.74) is -1.31. The first kappa shape index (κ1) is 13.9. The Labute approximate surface area is 109 Å². The maximum atomic E-state index is 12.6. The van der Waals surface area contributed by atoms with Crippen molar-refractivity contribution in [1.29, 1.82) is 0 Å². The number of rotatable bonds is 2. The quantitative estimate of drug-likeness (QED) is 0.869. The van der Waals surface area contributed by atoms with Gasteiger partial charge in [0.05, 0.1) is 11.1 Å². The smallest absolute Gasteiger partial charge is 0.324 e. The molecule has 0 aromatic heterocycles. The van der Waals surface area contributed by atoms with Crippen molar-refractivity contribution in [2.45, 2.75) is 31.5 Å². The molecule has 1 unspecified atom stereocenters. The van der Waals surface area contributed by atoms with Crippen LogP contribution in [-0.2, 0) is 11.0 Å². The number of amides is 1. The summed E-state index contributed by atoms with van der Waals surface area (Å²) in [6, 6.07) is 4.65. The van der Waals surface area contributed by atoms with Gasteiger partial charge in [-0.15, -0.1) is 0 Å². The van der Waals surface area contributed by atoms with Gasteiger partial charge in [-0.25, -0.2) is 0 Å². The molecule has 1 saturated heterocycles. The first-order valence-electron chi connectivity index (χ1n) is 6.05. The first-order chi connectivity index (χ1) is 8.81. The van der Waals surface area contributed by atoms with E-state index >= 15 is 0 Å². The van der Waals surface area contributed by atoms with Crippen LogP contribution >= 0.6 is 0 Å².